The van der Waals surface area contributed by atoms with Crippen molar-refractivity contribution in [2.75, 3.05) is 51.6 Å². The number of nitrogens with one attached hydrogen (secondary N) is 1. The quantitative estimate of drug-likeness (QED) is 0.615. The van der Waals surface area contributed by atoms with Gasteiger partial charge in [0, 0.05) is 32.7 Å². The van der Waals surface area contributed by atoms with Gasteiger partial charge in [0.05, 0.1) is 32.8 Å². The van der Waals surface area contributed by atoms with Gasteiger partial charge in [-0.15, -0.1) is 0 Å². The third-order valence-corrected chi connectivity index (χ3v) is 4.42. The summed E-state index contributed by atoms with van der Waals surface area (Å²) in [6.45, 7) is 0.801. The molecule has 0 aliphatic rings. The average Bonchev–Trinajstić information content (AvgIpc) is 2.53. The van der Waals surface area contributed by atoms with Crippen LogP contribution in [-0.2, 0) is 19.6 Å². The summed E-state index contributed by atoms with van der Waals surface area (Å²) in [6.07, 6.45) is 1.12. The van der Waals surface area contributed by atoms with Crippen molar-refractivity contribution in [1.29, 1.82) is 0 Å². The Morgan fingerprint density at radius 1 is 1.17 bits per heavy atom. The first kappa shape index (κ1) is 20.0. The van der Waals surface area contributed by atoms with Crippen LogP contribution in [0.25, 0.3) is 0 Å². The van der Waals surface area contributed by atoms with E-state index in [1.54, 1.807) is 18.2 Å². The highest BCUT2D eigenvalue weighted by Gasteiger charge is 2.20. The first-order valence-electron chi connectivity index (χ1n) is 7.28. The molecule has 0 aromatic heterocycles. The van der Waals surface area contributed by atoms with Gasteiger partial charge in [0.15, 0.2) is 11.5 Å². The Bertz CT molecular complexity index is 647. The summed E-state index contributed by atoms with van der Waals surface area (Å²) in [5, 5.41) is 2.65. The van der Waals surface area contributed by atoms with Crippen LogP contribution < -0.4 is 19.1 Å². The molecular formula is C15H24N2O6S. The Morgan fingerprint density at radius 2 is 1.83 bits per heavy atom. The van der Waals surface area contributed by atoms with Crippen molar-refractivity contribution < 1.29 is 27.4 Å². The van der Waals surface area contributed by atoms with E-state index in [1.807, 2.05) is 0 Å². The fourth-order valence-electron chi connectivity index (χ4n) is 2.05. The van der Waals surface area contributed by atoms with Crippen molar-refractivity contribution in [3.63, 3.8) is 0 Å². The fourth-order valence-corrected chi connectivity index (χ4v) is 2.97. The number of carbonyl (C=O) groups is 1. The van der Waals surface area contributed by atoms with Crippen LogP contribution in [0.15, 0.2) is 18.2 Å². The summed E-state index contributed by atoms with van der Waals surface area (Å²) in [7, 11) is 0.949. The lowest BCUT2D eigenvalue weighted by Gasteiger charge is -2.23. The maximum absolute atomic E-state index is 12.1. The van der Waals surface area contributed by atoms with E-state index in [4.69, 9.17) is 14.2 Å². The lowest BCUT2D eigenvalue weighted by Crippen LogP contribution is -2.35. The third-order valence-electron chi connectivity index (χ3n) is 3.23. The molecule has 0 fully saturated rings. The molecule has 0 heterocycles. The molecule has 0 atom stereocenters. The minimum absolute atomic E-state index is 0.0210. The van der Waals surface area contributed by atoms with Crippen molar-refractivity contribution in [2.45, 2.75) is 6.42 Å². The normalized spacial score (nSPS) is 11.0. The zero-order valence-corrected chi connectivity index (χ0v) is 15.2. The van der Waals surface area contributed by atoms with Gasteiger partial charge in [-0.2, -0.15) is 0 Å². The molecule has 1 aromatic rings. The van der Waals surface area contributed by atoms with Crippen LogP contribution in [0.1, 0.15) is 6.42 Å². The number of sulfonamides is 1. The third kappa shape index (κ3) is 5.89. The number of ether oxygens (including phenoxy) is 3. The molecule has 136 valence electrons. The van der Waals surface area contributed by atoms with E-state index >= 15 is 0 Å². The molecule has 1 rings (SSSR count). The van der Waals surface area contributed by atoms with Crippen molar-refractivity contribution >= 4 is 21.6 Å². The first-order chi connectivity index (χ1) is 11.3. The number of methoxy groups -OCH3 is 3. The SMILES string of the molecule is COCCNC(=O)CCN(c1ccc(OC)c(OC)c1)S(C)(=O)=O. The Morgan fingerprint density at radius 3 is 2.38 bits per heavy atom. The highest BCUT2D eigenvalue weighted by atomic mass is 32.2. The van der Waals surface area contributed by atoms with E-state index in [0.29, 0.717) is 30.3 Å². The minimum atomic E-state index is -3.55. The maximum atomic E-state index is 12.1. The number of rotatable bonds is 10. The van der Waals surface area contributed by atoms with Crippen LogP contribution in [0.2, 0.25) is 0 Å². The van der Waals surface area contributed by atoms with Crippen molar-refractivity contribution in [3.05, 3.63) is 18.2 Å². The molecule has 0 spiro atoms. The number of nitrogens with zero attached hydrogens (tertiary/aromatic N) is 1. The molecule has 8 nitrogen and oxygen atoms in total. The van der Waals surface area contributed by atoms with Gasteiger partial charge in [-0.05, 0) is 12.1 Å². The Hall–Kier alpha value is -2.00. The first-order valence-corrected chi connectivity index (χ1v) is 9.13. The molecule has 1 aromatic carbocycles. The number of anilines is 1. The predicted octanol–water partition coefficient (Wildman–Crippen LogP) is 0.622. The summed E-state index contributed by atoms with van der Waals surface area (Å²) in [5.74, 6) is 0.654. The molecule has 0 unspecified atom stereocenters. The van der Waals surface area contributed by atoms with E-state index in [-0.39, 0.29) is 18.9 Å². The molecule has 9 heteroatoms. The molecule has 0 bridgehead atoms. The van der Waals surface area contributed by atoms with Gasteiger partial charge in [-0.1, -0.05) is 0 Å². The number of carbonyl (C=O) groups excluding carboxylic acids is 1. The van der Waals surface area contributed by atoms with E-state index in [9.17, 15) is 13.2 Å². The monoisotopic (exact) mass is 360 g/mol. The van der Waals surface area contributed by atoms with Gasteiger partial charge >= 0.3 is 0 Å². The minimum Gasteiger partial charge on any atom is -0.493 e. The van der Waals surface area contributed by atoms with Crippen LogP contribution in [0.4, 0.5) is 5.69 Å². The van der Waals surface area contributed by atoms with Gasteiger partial charge in [0.2, 0.25) is 15.9 Å². The standard InChI is InChI=1S/C15H24N2O6S/c1-21-10-8-16-15(18)7-9-17(24(4,19)20)12-5-6-13(22-2)14(11-12)23-3/h5-6,11H,7-10H2,1-4H3,(H,16,18). The van der Waals surface area contributed by atoms with Crippen LogP contribution in [0.3, 0.4) is 0 Å². The van der Waals surface area contributed by atoms with E-state index < -0.39 is 10.0 Å². The molecular weight excluding hydrogens is 336 g/mol. The van der Waals surface area contributed by atoms with Crippen molar-refractivity contribution in [3.8, 4) is 11.5 Å². The Balaban J connectivity index is 2.89. The molecule has 0 saturated heterocycles. The summed E-state index contributed by atoms with van der Waals surface area (Å²) in [5.41, 5.74) is 0.403. The molecule has 24 heavy (non-hydrogen) atoms. The van der Waals surface area contributed by atoms with Crippen LogP contribution >= 0.6 is 0 Å². The zero-order valence-electron chi connectivity index (χ0n) is 14.4. The van der Waals surface area contributed by atoms with Crippen LogP contribution in [0.5, 0.6) is 11.5 Å². The second-order valence-electron chi connectivity index (χ2n) is 4.97. The van der Waals surface area contributed by atoms with Crippen molar-refractivity contribution in [1.82, 2.24) is 5.32 Å². The lowest BCUT2D eigenvalue weighted by atomic mass is 10.2. The predicted molar refractivity (Wildman–Crippen MR) is 91.2 cm³/mol. The fraction of sp³-hybridized carbons (Fsp3) is 0.533. The number of benzene rings is 1. The van der Waals surface area contributed by atoms with Gasteiger partial charge in [0.1, 0.15) is 0 Å². The zero-order chi connectivity index (χ0) is 18.2. The van der Waals surface area contributed by atoms with Gasteiger partial charge in [0.25, 0.3) is 0 Å². The number of hydrogen-bond acceptors (Lipinski definition) is 6. The smallest absolute Gasteiger partial charge is 0.232 e. The van der Waals surface area contributed by atoms with E-state index in [0.717, 1.165) is 10.6 Å². The Labute approximate surface area is 142 Å². The second kappa shape index (κ2) is 9.33. The van der Waals surface area contributed by atoms with Gasteiger partial charge in [-0.25, -0.2) is 8.42 Å². The second-order valence-corrected chi connectivity index (χ2v) is 6.87. The molecule has 0 aliphatic carbocycles. The largest absolute Gasteiger partial charge is 0.493 e. The summed E-state index contributed by atoms with van der Waals surface area (Å²) >= 11 is 0. The lowest BCUT2D eigenvalue weighted by molar-refractivity contribution is -0.121. The molecule has 1 amide bonds. The van der Waals surface area contributed by atoms with E-state index in [1.165, 1.54) is 21.3 Å². The van der Waals surface area contributed by atoms with Crippen LogP contribution in [-0.4, -0.2) is 61.6 Å². The molecule has 0 aliphatic heterocycles. The molecule has 1 N–H and O–H groups in total. The summed E-state index contributed by atoms with van der Waals surface area (Å²) in [6, 6.07) is 4.78. The summed E-state index contributed by atoms with van der Waals surface area (Å²) < 4.78 is 40.5. The summed E-state index contributed by atoms with van der Waals surface area (Å²) in [4.78, 5) is 11.8. The van der Waals surface area contributed by atoms with Crippen molar-refractivity contribution in [2.24, 2.45) is 0 Å². The molecule has 0 radical (unpaired) electrons. The number of hydrogen-bond donors (Lipinski definition) is 1. The maximum Gasteiger partial charge on any atom is 0.232 e. The Kier molecular flexibility index (Phi) is 7.80. The highest BCUT2D eigenvalue weighted by molar-refractivity contribution is 7.92. The van der Waals surface area contributed by atoms with E-state index in [2.05, 4.69) is 5.32 Å². The van der Waals surface area contributed by atoms with Gasteiger partial charge < -0.3 is 19.5 Å². The molecule has 0 saturated carbocycles. The van der Waals surface area contributed by atoms with Crippen LogP contribution in [0, 0.1) is 0 Å². The average molecular weight is 360 g/mol. The highest BCUT2D eigenvalue weighted by Crippen LogP contribution is 2.32. The number of amides is 1. The topological polar surface area (TPSA) is 94.2 Å². The van der Waals surface area contributed by atoms with Gasteiger partial charge in [-0.3, -0.25) is 9.10 Å².